The van der Waals surface area contributed by atoms with Gasteiger partial charge in [0.15, 0.2) is 0 Å². The fourth-order valence-corrected chi connectivity index (χ4v) is 1.32. The molecule has 4 nitrogen and oxygen atoms in total. The highest BCUT2D eigenvalue weighted by atomic mass is 31.1. The molecule has 1 atom stereocenters. The SMILES string of the molecule is COC(=O)[PH](=O)Oc1ccccc1. The molecule has 1 aromatic carbocycles. The second kappa shape index (κ2) is 4.67. The van der Waals surface area contributed by atoms with E-state index in [-0.39, 0.29) is 0 Å². The lowest BCUT2D eigenvalue weighted by Gasteiger charge is -2.02. The number of carbonyl (C=O) groups is 1. The second-order valence-corrected chi connectivity index (χ2v) is 3.38. The highest BCUT2D eigenvalue weighted by Gasteiger charge is 2.12. The van der Waals surface area contributed by atoms with Crippen molar-refractivity contribution in [2.75, 3.05) is 7.11 Å². The lowest BCUT2D eigenvalue weighted by atomic mass is 10.3. The third-order valence-electron chi connectivity index (χ3n) is 1.31. The van der Waals surface area contributed by atoms with Crippen LogP contribution < -0.4 is 4.52 Å². The van der Waals surface area contributed by atoms with Gasteiger partial charge in [-0.15, -0.1) is 0 Å². The summed E-state index contributed by atoms with van der Waals surface area (Å²) in [6.07, 6.45) is 0. The van der Waals surface area contributed by atoms with Gasteiger partial charge in [0, 0.05) is 0 Å². The Kier molecular flexibility index (Phi) is 3.53. The van der Waals surface area contributed by atoms with Crippen molar-refractivity contribution < 1.29 is 18.6 Å². The molecule has 0 saturated heterocycles. The summed E-state index contributed by atoms with van der Waals surface area (Å²) in [6, 6.07) is 8.47. The summed E-state index contributed by atoms with van der Waals surface area (Å²) >= 11 is 0. The van der Waals surface area contributed by atoms with Gasteiger partial charge in [-0.3, -0.25) is 4.57 Å². The molecule has 0 saturated carbocycles. The van der Waals surface area contributed by atoms with Crippen LogP contribution in [0.3, 0.4) is 0 Å². The Labute approximate surface area is 76.3 Å². The van der Waals surface area contributed by atoms with E-state index in [1.54, 1.807) is 30.3 Å². The minimum Gasteiger partial charge on any atom is -0.461 e. The van der Waals surface area contributed by atoms with Crippen LogP contribution in [0.25, 0.3) is 0 Å². The third kappa shape index (κ3) is 2.92. The molecular formula is C8H9O4P. The molecule has 0 radical (unpaired) electrons. The maximum Gasteiger partial charge on any atom is 0.400 e. The number of methoxy groups -OCH3 is 1. The summed E-state index contributed by atoms with van der Waals surface area (Å²) in [5.41, 5.74) is -0.825. The van der Waals surface area contributed by atoms with Crippen molar-refractivity contribution in [3.63, 3.8) is 0 Å². The average Bonchev–Trinajstić information content (AvgIpc) is 2.18. The lowest BCUT2D eigenvalue weighted by molar-refractivity contribution is 0.195. The van der Waals surface area contributed by atoms with Crippen LogP contribution in [0.2, 0.25) is 0 Å². The largest absolute Gasteiger partial charge is 0.461 e. The van der Waals surface area contributed by atoms with Crippen molar-refractivity contribution in [3.05, 3.63) is 30.3 Å². The number of rotatable bonds is 3. The molecule has 0 bridgehead atoms. The summed E-state index contributed by atoms with van der Waals surface area (Å²) in [5.74, 6) is 0.400. The van der Waals surface area contributed by atoms with E-state index in [4.69, 9.17) is 4.52 Å². The molecule has 0 fully saturated rings. The molecule has 70 valence electrons. The van der Waals surface area contributed by atoms with Gasteiger partial charge in [-0.05, 0) is 12.1 Å². The third-order valence-corrected chi connectivity index (χ3v) is 2.26. The molecular weight excluding hydrogens is 191 g/mol. The summed E-state index contributed by atoms with van der Waals surface area (Å²) in [7, 11) is -1.62. The summed E-state index contributed by atoms with van der Waals surface area (Å²) < 4.78 is 20.1. The predicted molar refractivity (Wildman–Crippen MR) is 48.5 cm³/mol. The molecule has 0 aromatic heterocycles. The molecule has 5 heteroatoms. The second-order valence-electron chi connectivity index (χ2n) is 2.19. The summed E-state index contributed by atoms with van der Waals surface area (Å²) in [6.45, 7) is 0. The molecule has 0 spiro atoms. The highest BCUT2D eigenvalue weighted by molar-refractivity contribution is 7.58. The van der Waals surface area contributed by atoms with E-state index in [2.05, 4.69) is 4.74 Å². The molecule has 0 N–H and O–H groups in total. The zero-order valence-electron chi connectivity index (χ0n) is 7.02. The monoisotopic (exact) mass is 200 g/mol. The highest BCUT2D eigenvalue weighted by Crippen LogP contribution is 2.27. The Bertz CT molecular complexity index is 309. The summed E-state index contributed by atoms with van der Waals surface area (Å²) in [5, 5.41) is 0. The van der Waals surface area contributed by atoms with E-state index in [0.717, 1.165) is 0 Å². The van der Waals surface area contributed by atoms with Crippen molar-refractivity contribution in [1.29, 1.82) is 0 Å². The minimum atomic E-state index is -2.78. The van der Waals surface area contributed by atoms with Gasteiger partial charge >= 0.3 is 13.7 Å². The minimum absolute atomic E-state index is 0.400. The zero-order chi connectivity index (χ0) is 9.68. The Morgan fingerprint density at radius 1 is 1.31 bits per heavy atom. The maximum absolute atomic E-state index is 11.0. The Hall–Kier alpha value is -1.28. The molecule has 1 unspecified atom stereocenters. The first-order chi connectivity index (χ1) is 6.24. The number of ether oxygens (including phenoxy) is 1. The van der Waals surface area contributed by atoms with Gasteiger partial charge in [-0.1, -0.05) is 18.2 Å². The van der Waals surface area contributed by atoms with E-state index in [9.17, 15) is 9.36 Å². The fraction of sp³-hybridized carbons (Fsp3) is 0.125. The number of carbonyl (C=O) groups excluding carboxylic acids is 1. The predicted octanol–water partition coefficient (Wildman–Crippen LogP) is 2.31. The Balaban J connectivity index is 2.60. The van der Waals surface area contributed by atoms with Crippen molar-refractivity contribution in [2.24, 2.45) is 0 Å². The van der Waals surface area contributed by atoms with E-state index < -0.39 is 13.7 Å². The molecule has 13 heavy (non-hydrogen) atoms. The van der Waals surface area contributed by atoms with Gasteiger partial charge in [-0.2, -0.15) is 0 Å². The molecule has 0 amide bonds. The first kappa shape index (κ1) is 9.81. The van der Waals surface area contributed by atoms with Gasteiger partial charge in [0.1, 0.15) is 5.75 Å². The number of para-hydroxylation sites is 1. The van der Waals surface area contributed by atoms with Crippen LogP contribution in [0, 0.1) is 0 Å². The quantitative estimate of drug-likeness (QED) is 0.702. The molecule has 0 heterocycles. The Morgan fingerprint density at radius 3 is 2.46 bits per heavy atom. The molecule has 1 aromatic rings. The van der Waals surface area contributed by atoms with Crippen molar-refractivity contribution in [2.45, 2.75) is 0 Å². The smallest absolute Gasteiger partial charge is 0.400 e. The van der Waals surface area contributed by atoms with Crippen molar-refractivity contribution in [1.82, 2.24) is 0 Å². The van der Waals surface area contributed by atoms with Crippen LogP contribution in [0.15, 0.2) is 30.3 Å². The average molecular weight is 200 g/mol. The fourth-order valence-electron chi connectivity index (χ4n) is 0.721. The van der Waals surface area contributed by atoms with Crippen LogP contribution in [-0.4, -0.2) is 12.8 Å². The van der Waals surface area contributed by atoms with E-state index in [1.165, 1.54) is 7.11 Å². The van der Waals surface area contributed by atoms with Crippen LogP contribution in [-0.2, 0) is 9.30 Å². The zero-order valence-corrected chi connectivity index (χ0v) is 8.02. The van der Waals surface area contributed by atoms with Crippen molar-refractivity contribution >= 4 is 13.7 Å². The summed E-state index contributed by atoms with van der Waals surface area (Å²) in [4.78, 5) is 10.7. The molecule has 0 aliphatic rings. The number of hydrogen-bond donors (Lipinski definition) is 0. The maximum atomic E-state index is 11.0. The van der Waals surface area contributed by atoms with Gasteiger partial charge in [0.25, 0.3) is 0 Å². The van der Waals surface area contributed by atoms with Crippen LogP contribution in [0.4, 0.5) is 4.79 Å². The van der Waals surface area contributed by atoms with Gasteiger partial charge < -0.3 is 9.26 Å². The number of hydrogen-bond acceptors (Lipinski definition) is 4. The van der Waals surface area contributed by atoms with Crippen molar-refractivity contribution in [3.8, 4) is 5.75 Å². The van der Waals surface area contributed by atoms with Gasteiger partial charge in [0.05, 0.1) is 7.11 Å². The first-order valence-corrected chi connectivity index (χ1v) is 4.91. The topological polar surface area (TPSA) is 52.6 Å². The Morgan fingerprint density at radius 2 is 1.92 bits per heavy atom. The van der Waals surface area contributed by atoms with E-state index >= 15 is 0 Å². The van der Waals surface area contributed by atoms with E-state index in [1.807, 2.05) is 0 Å². The van der Waals surface area contributed by atoms with Gasteiger partial charge in [0.2, 0.25) is 0 Å². The normalized spacial score (nSPS) is 11.8. The number of benzene rings is 1. The molecule has 0 aliphatic carbocycles. The molecule has 1 rings (SSSR count). The lowest BCUT2D eigenvalue weighted by Crippen LogP contribution is -1.94. The van der Waals surface area contributed by atoms with Gasteiger partial charge in [-0.25, -0.2) is 4.79 Å². The standard InChI is InChI=1S/C8H9O4P/c1-11-8(9)13(10)12-7-5-3-2-4-6-7/h2-6,13H,1H3. The van der Waals surface area contributed by atoms with Crippen LogP contribution >= 0.6 is 8.03 Å². The first-order valence-electron chi connectivity index (χ1n) is 3.59. The van der Waals surface area contributed by atoms with Crippen LogP contribution in [0.1, 0.15) is 0 Å². The van der Waals surface area contributed by atoms with Crippen LogP contribution in [0.5, 0.6) is 5.75 Å². The molecule has 0 aliphatic heterocycles. The van der Waals surface area contributed by atoms with E-state index in [0.29, 0.717) is 5.75 Å².